The van der Waals surface area contributed by atoms with Crippen molar-refractivity contribution >= 4 is 22.7 Å². The number of hydrogen-bond acceptors (Lipinski definition) is 4. The van der Waals surface area contributed by atoms with Crippen molar-refractivity contribution in [3.05, 3.63) is 28.1 Å². The zero-order chi connectivity index (χ0) is 11.2. The molecular formula is C12H10N2S2. The highest BCUT2D eigenvalue weighted by molar-refractivity contribution is 7.20. The standard InChI is InChI=1S/C12H10N2S2/c1-8-2-5-15-10(8)11-14-9(6-16-11)12(7-13)3-4-12/h2,5-6H,3-4H2,1H3. The lowest BCUT2D eigenvalue weighted by Gasteiger charge is -1.98. The number of nitriles is 1. The summed E-state index contributed by atoms with van der Waals surface area (Å²) < 4.78 is 0. The first-order valence-electron chi connectivity index (χ1n) is 5.17. The minimum Gasteiger partial charge on any atom is -0.239 e. The molecule has 2 heterocycles. The normalized spacial score (nSPS) is 17.0. The molecule has 80 valence electrons. The van der Waals surface area contributed by atoms with Crippen LogP contribution in [0.5, 0.6) is 0 Å². The molecule has 3 rings (SSSR count). The van der Waals surface area contributed by atoms with Gasteiger partial charge in [0.1, 0.15) is 10.4 Å². The quantitative estimate of drug-likeness (QED) is 0.809. The predicted molar refractivity (Wildman–Crippen MR) is 66.7 cm³/mol. The van der Waals surface area contributed by atoms with Crippen molar-refractivity contribution in [2.75, 3.05) is 0 Å². The van der Waals surface area contributed by atoms with E-state index in [1.165, 1.54) is 10.4 Å². The summed E-state index contributed by atoms with van der Waals surface area (Å²) in [6.07, 6.45) is 1.94. The van der Waals surface area contributed by atoms with Crippen LogP contribution in [0.4, 0.5) is 0 Å². The highest BCUT2D eigenvalue weighted by Crippen LogP contribution is 2.48. The van der Waals surface area contributed by atoms with Gasteiger partial charge in [-0.05, 0) is 36.8 Å². The van der Waals surface area contributed by atoms with E-state index >= 15 is 0 Å². The Balaban J connectivity index is 2.01. The van der Waals surface area contributed by atoms with Crippen molar-refractivity contribution in [3.8, 4) is 16.0 Å². The Kier molecular flexibility index (Phi) is 2.13. The number of thiophene rings is 1. The predicted octanol–water partition coefficient (Wildman–Crippen LogP) is 3.74. The second kappa shape index (κ2) is 3.41. The summed E-state index contributed by atoms with van der Waals surface area (Å²) in [5, 5.41) is 14.3. The smallest absolute Gasteiger partial charge is 0.133 e. The number of rotatable bonds is 2. The van der Waals surface area contributed by atoms with Crippen molar-refractivity contribution in [2.45, 2.75) is 25.2 Å². The van der Waals surface area contributed by atoms with Crippen molar-refractivity contribution in [1.29, 1.82) is 5.26 Å². The van der Waals surface area contributed by atoms with Crippen LogP contribution in [0.25, 0.3) is 9.88 Å². The van der Waals surface area contributed by atoms with Crippen LogP contribution in [0, 0.1) is 18.3 Å². The van der Waals surface area contributed by atoms with E-state index in [1.807, 2.05) is 5.38 Å². The summed E-state index contributed by atoms with van der Waals surface area (Å²) in [6.45, 7) is 2.10. The molecule has 0 atom stereocenters. The topological polar surface area (TPSA) is 36.7 Å². The molecule has 0 saturated heterocycles. The van der Waals surface area contributed by atoms with E-state index in [4.69, 9.17) is 5.26 Å². The van der Waals surface area contributed by atoms with Gasteiger partial charge in [-0.25, -0.2) is 4.98 Å². The van der Waals surface area contributed by atoms with Gasteiger partial charge >= 0.3 is 0 Å². The molecule has 0 spiro atoms. The van der Waals surface area contributed by atoms with Gasteiger partial charge in [0.2, 0.25) is 0 Å². The van der Waals surface area contributed by atoms with E-state index in [9.17, 15) is 0 Å². The molecule has 16 heavy (non-hydrogen) atoms. The van der Waals surface area contributed by atoms with Crippen LogP contribution in [-0.2, 0) is 5.41 Å². The Morgan fingerprint density at radius 1 is 1.44 bits per heavy atom. The number of aromatic nitrogens is 1. The Morgan fingerprint density at radius 3 is 2.81 bits per heavy atom. The van der Waals surface area contributed by atoms with E-state index in [0.717, 1.165) is 23.5 Å². The molecule has 0 aliphatic heterocycles. The van der Waals surface area contributed by atoms with Crippen LogP contribution < -0.4 is 0 Å². The zero-order valence-electron chi connectivity index (χ0n) is 8.86. The first kappa shape index (κ1) is 10.0. The molecule has 4 heteroatoms. The van der Waals surface area contributed by atoms with Gasteiger partial charge in [-0.15, -0.1) is 22.7 Å². The molecule has 2 nitrogen and oxygen atoms in total. The van der Waals surface area contributed by atoms with Gasteiger partial charge in [-0.1, -0.05) is 0 Å². The van der Waals surface area contributed by atoms with Gasteiger partial charge in [-0.3, -0.25) is 0 Å². The Labute approximate surface area is 102 Å². The van der Waals surface area contributed by atoms with E-state index in [1.54, 1.807) is 22.7 Å². The molecule has 1 aliphatic rings. The molecule has 1 saturated carbocycles. The Bertz CT molecular complexity index is 570. The van der Waals surface area contributed by atoms with Crippen molar-refractivity contribution in [1.82, 2.24) is 4.98 Å². The van der Waals surface area contributed by atoms with Crippen LogP contribution in [0.15, 0.2) is 16.8 Å². The fraction of sp³-hybridized carbons (Fsp3) is 0.333. The lowest BCUT2D eigenvalue weighted by atomic mass is 10.1. The largest absolute Gasteiger partial charge is 0.239 e. The highest BCUT2D eigenvalue weighted by Gasteiger charge is 2.47. The van der Waals surface area contributed by atoms with E-state index in [-0.39, 0.29) is 5.41 Å². The van der Waals surface area contributed by atoms with Gasteiger partial charge in [0.05, 0.1) is 16.6 Å². The van der Waals surface area contributed by atoms with Crippen LogP contribution in [0.2, 0.25) is 0 Å². The maximum atomic E-state index is 9.12. The van der Waals surface area contributed by atoms with Crippen LogP contribution in [0.1, 0.15) is 24.1 Å². The molecule has 0 bridgehead atoms. The summed E-state index contributed by atoms with van der Waals surface area (Å²) in [4.78, 5) is 5.87. The highest BCUT2D eigenvalue weighted by atomic mass is 32.1. The van der Waals surface area contributed by atoms with Crippen LogP contribution >= 0.6 is 22.7 Å². The van der Waals surface area contributed by atoms with Crippen LogP contribution in [0.3, 0.4) is 0 Å². The molecular weight excluding hydrogens is 236 g/mol. The van der Waals surface area contributed by atoms with Gasteiger partial charge < -0.3 is 0 Å². The molecule has 1 fully saturated rings. The van der Waals surface area contributed by atoms with E-state index in [2.05, 4.69) is 29.4 Å². The van der Waals surface area contributed by atoms with Crippen molar-refractivity contribution in [2.24, 2.45) is 0 Å². The first-order chi connectivity index (χ1) is 7.75. The fourth-order valence-electron chi connectivity index (χ4n) is 1.74. The fourth-order valence-corrected chi connectivity index (χ4v) is 3.76. The molecule has 0 aromatic carbocycles. The van der Waals surface area contributed by atoms with Gasteiger partial charge in [0.25, 0.3) is 0 Å². The summed E-state index contributed by atoms with van der Waals surface area (Å²) in [5.74, 6) is 0. The van der Waals surface area contributed by atoms with Crippen molar-refractivity contribution < 1.29 is 0 Å². The summed E-state index contributed by atoms with van der Waals surface area (Å²) >= 11 is 3.37. The molecule has 1 aliphatic carbocycles. The number of hydrogen-bond donors (Lipinski definition) is 0. The average Bonchev–Trinajstić information content (AvgIpc) is 2.72. The molecule has 2 aromatic heterocycles. The number of aryl methyl sites for hydroxylation is 1. The lowest BCUT2D eigenvalue weighted by Crippen LogP contribution is -2.02. The third-order valence-corrected chi connectivity index (χ3v) is 5.03. The molecule has 0 unspecified atom stereocenters. The Hall–Kier alpha value is -1.18. The number of nitrogens with zero attached hydrogens (tertiary/aromatic N) is 2. The summed E-state index contributed by atoms with van der Waals surface area (Å²) in [7, 11) is 0. The Morgan fingerprint density at radius 2 is 2.25 bits per heavy atom. The van der Waals surface area contributed by atoms with Gasteiger partial charge in [0, 0.05) is 5.38 Å². The molecule has 0 radical (unpaired) electrons. The third kappa shape index (κ3) is 1.40. The maximum absolute atomic E-state index is 9.12. The van der Waals surface area contributed by atoms with E-state index in [0.29, 0.717) is 0 Å². The van der Waals surface area contributed by atoms with Crippen LogP contribution in [-0.4, -0.2) is 4.98 Å². The van der Waals surface area contributed by atoms with Gasteiger partial charge in [-0.2, -0.15) is 5.26 Å². The lowest BCUT2D eigenvalue weighted by molar-refractivity contribution is 0.869. The SMILES string of the molecule is Cc1ccsc1-c1nc(C2(C#N)CC2)cs1. The van der Waals surface area contributed by atoms with E-state index < -0.39 is 0 Å². The first-order valence-corrected chi connectivity index (χ1v) is 6.93. The van der Waals surface area contributed by atoms with Crippen molar-refractivity contribution in [3.63, 3.8) is 0 Å². The summed E-state index contributed by atoms with van der Waals surface area (Å²) in [6, 6.07) is 4.50. The molecule has 0 N–H and O–H groups in total. The molecule has 0 amide bonds. The molecule has 2 aromatic rings. The second-order valence-electron chi connectivity index (χ2n) is 4.16. The zero-order valence-corrected chi connectivity index (χ0v) is 10.5. The monoisotopic (exact) mass is 246 g/mol. The minimum absolute atomic E-state index is 0.250. The second-order valence-corrected chi connectivity index (χ2v) is 5.94. The number of thiazole rings is 1. The third-order valence-electron chi connectivity index (χ3n) is 3.01. The van der Waals surface area contributed by atoms with Gasteiger partial charge in [0.15, 0.2) is 0 Å². The maximum Gasteiger partial charge on any atom is 0.133 e. The minimum atomic E-state index is -0.250. The summed E-state index contributed by atoms with van der Waals surface area (Å²) in [5.41, 5.74) is 2.00. The average molecular weight is 246 g/mol.